The zero-order chi connectivity index (χ0) is 19.1. The lowest BCUT2D eigenvalue weighted by atomic mass is 10.2. The van der Waals surface area contributed by atoms with Crippen LogP contribution in [0.5, 0.6) is 5.75 Å². The van der Waals surface area contributed by atoms with Crippen molar-refractivity contribution in [1.82, 2.24) is 9.55 Å². The first-order valence-electron chi connectivity index (χ1n) is 8.40. The SMILES string of the molecule is O=[N+]([O-])c1cn(CC/C=C/c2ccc(OCc3ccc(F)cc3)cc2)cn1. The Morgan fingerprint density at radius 1 is 1.15 bits per heavy atom. The summed E-state index contributed by atoms with van der Waals surface area (Å²) in [7, 11) is 0. The van der Waals surface area contributed by atoms with Gasteiger partial charge in [-0.1, -0.05) is 36.4 Å². The largest absolute Gasteiger partial charge is 0.489 e. The van der Waals surface area contributed by atoms with Gasteiger partial charge in [-0.3, -0.25) is 0 Å². The molecule has 0 atom stereocenters. The van der Waals surface area contributed by atoms with Crippen molar-refractivity contribution in [3.05, 3.63) is 94.2 Å². The molecule has 138 valence electrons. The van der Waals surface area contributed by atoms with Crippen LogP contribution < -0.4 is 4.74 Å². The highest BCUT2D eigenvalue weighted by Crippen LogP contribution is 2.16. The van der Waals surface area contributed by atoms with Crippen molar-refractivity contribution in [2.45, 2.75) is 19.6 Å². The van der Waals surface area contributed by atoms with Gasteiger partial charge in [-0.2, -0.15) is 0 Å². The second-order valence-electron chi connectivity index (χ2n) is 5.90. The highest BCUT2D eigenvalue weighted by Gasteiger charge is 2.08. The third-order valence-corrected chi connectivity index (χ3v) is 3.87. The van der Waals surface area contributed by atoms with Gasteiger partial charge in [-0.15, -0.1) is 0 Å². The van der Waals surface area contributed by atoms with Crippen LogP contribution in [0, 0.1) is 15.9 Å². The minimum Gasteiger partial charge on any atom is -0.489 e. The van der Waals surface area contributed by atoms with Gasteiger partial charge >= 0.3 is 5.82 Å². The minimum atomic E-state index is -0.508. The van der Waals surface area contributed by atoms with Gasteiger partial charge in [0.15, 0.2) is 0 Å². The van der Waals surface area contributed by atoms with Crippen LogP contribution in [0.4, 0.5) is 10.2 Å². The predicted molar refractivity (Wildman–Crippen MR) is 99.7 cm³/mol. The Hall–Kier alpha value is -3.48. The van der Waals surface area contributed by atoms with E-state index in [0.717, 1.165) is 23.3 Å². The van der Waals surface area contributed by atoms with Crippen LogP contribution in [0.15, 0.2) is 67.1 Å². The average molecular weight is 367 g/mol. The maximum Gasteiger partial charge on any atom is 0.381 e. The maximum atomic E-state index is 12.9. The quantitative estimate of drug-likeness (QED) is 0.430. The molecule has 0 aliphatic rings. The van der Waals surface area contributed by atoms with Crippen molar-refractivity contribution in [2.24, 2.45) is 0 Å². The normalized spacial score (nSPS) is 11.0. The number of imidazole rings is 1. The van der Waals surface area contributed by atoms with Crippen LogP contribution in [0.2, 0.25) is 0 Å². The monoisotopic (exact) mass is 367 g/mol. The summed E-state index contributed by atoms with van der Waals surface area (Å²) in [5.41, 5.74) is 1.93. The van der Waals surface area contributed by atoms with E-state index in [1.807, 2.05) is 36.4 Å². The summed E-state index contributed by atoms with van der Waals surface area (Å²) < 4.78 is 20.2. The number of benzene rings is 2. The number of hydrogen-bond donors (Lipinski definition) is 0. The summed E-state index contributed by atoms with van der Waals surface area (Å²) in [4.78, 5) is 13.8. The summed E-state index contributed by atoms with van der Waals surface area (Å²) in [5.74, 6) is 0.332. The van der Waals surface area contributed by atoms with Crippen LogP contribution in [0.25, 0.3) is 6.08 Å². The van der Waals surface area contributed by atoms with Crippen molar-refractivity contribution in [3.63, 3.8) is 0 Å². The number of aromatic nitrogens is 2. The molecule has 0 saturated carbocycles. The van der Waals surface area contributed by atoms with Gasteiger partial charge in [-0.05, 0) is 51.7 Å². The smallest absolute Gasteiger partial charge is 0.381 e. The first-order valence-corrected chi connectivity index (χ1v) is 8.40. The lowest BCUT2D eigenvalue weighted by Crippen LogP contribution is -1.95. The molecule has 1 heterocycles. The van der Waals surface area contributed by atoms with Gasteiger partial charge < -0.3 is 19.4 Å². The minimum absolute atomic E-state index is 0.143. The number of nitro groups is 1. The van der Waals surface area contributed by atoms with Gasteiger partial charge in [0.25, 0.3) is 0 Å². The summed E-state index contributed by atoms with van der Waals surface area (Å²) >= 11 is 0. The molecule has 0 saturated heterocycles. The van der Waals surface area contributed by atoms with Crippen LogP contribution in [-0.2, 0) is 13.2 Å². The van der Waals surface area contributed by atoms with E-state index in [9.17, 15) is 14.5 Å². The third-order valence-electron chi connectivity index (χ3n) is 3.87. The van der Waals surface area contributed by atoms with Gasteiger partial charge in [0.1, 0.15) is 24.4 Å². The average Bonchev–Trinajstić information content (AvgIpc) is 3.15. The Balaban J connectivity index is 1.45. The molecule has 0 fully saturated rings. The number of rotatable bonds is 8. The van der Waals surface area contributed by atoms with Crippen molar-refractivity contribution >= 4 is 11.9 Å². The Labute approximate surface area is 155 Å². The van der Waals surface area contributed by atoms with Crippen LogP contribution in [0.3, 0.4) is 0 Å². The molecular weight excluding hydrogens is 349 g/mol. The molecule has 3 aromatic rings. The summed E-state index contributed by atoms with van der Waals surface area (Å²) in [6.45, 7) is 1.00. The molecule has 0 amide bonds. The van der Waals surface area contributed by atoms with Crippen LogP contribution in [-0.4, -0.2) is 14.5 Å². The number of ether oxygens (including phenoxy) is 1. The molecule has 0 N–H and O–H groups in total. The van der Waals surface area contributed by atoms with E-state index in [1.165, 1.54) is 24.7 Å². The van der Waals surface area contributed by atoms with Crippen molar-refractivity contribution in [2.75, 3.05) is 0 Å². The lowest BCUT2D eigenvalue weighted by molar-refractivity contribution is -0.389. The Bertz CT molecular complexity index is 918. The molecular formula is C20H18FN3O3. The maximum absolute atomic E-state index is 12.9. The zero-order valence-electron chi connectivity index (χ0n) is 14.5. The molecule has 0 spiro atoms. The molecule has 2 aromatic carbocycles. The van der Waals surface area contributed by atoms with Crippen molar-refractivity contribution < 1.29 is 14.1 Å². The number of aryl methyl sites for hydroxylation is 1. The standard InChI is InChI=1S/C20H18FN3O3/c21-18-8-4-17(5-9-18)14-27-19-10-6-16(7-11-19)3-1-2-12-23-13-20(22-15-23)24(25)26/h1,3-11,13,15H,2,12,14H2/b3-1+. The van der Waals surface area contributed by atoms with E-state index in [2.05, 4.69) is 4.98 Å². The Morgan fingerprint density at radius 2 is 1.89 bits per heavy atom. The topological polar surface area (TPSA) is 70.2 Å². The van der Waals surface area contributed by atoms with E-state index < -0.39 is 4.92 Å². The second kappa shape index (κ2) is 8.75. The molecule has 3 rings (SSSR count). The third kappa shape index (κ3) is 5.50. The summed E-state index contributed by atoms with van der Waals surface area (Å²) in [5, 5.41) is 10.6. The van der Waals surface area contributed by atoms with E-state index in [1.54, 1.807) is 16.7 Å². The van der Waals surface area contributed by atoms with Gasteiger partial charge in [0.2, 0.25) is 6.33 Å². The number of nitrogens with zero attached hydrogens (tertiary/aromatic N) is 3. The molecule has 0 aliphatic carbocycles. The van der Waals surface area contributed by atoms with E-state index in [0.29, 0.717) is 13.2 Å². The molecule has 27 heavy (non-hydrogen) atoms. The predicted octanol–water partition coefficient (Wildman–Crippen LogP) is 4.61. The molecule has 0 unspecified atom stereocenters. The van der Waals surface area contributed by atoms with E-state index in [4.69, 9.17) is 4.74 Å². The highest BCUT2D eigenvalue weighted by molar-refractivity contribution is 5.50. The Morgan fingerprint density at radius 3 is 2.56 bits per heavy atom. The van der Waals surface area contributed by atoms with E-state index >= 15 is 0 Å². The highest BCUT2D eigenvalue weighted by atomic mass is 19.1. The number of allylic oxidation sites excluding steroid dienone is 1. The Kier molecular flexibility index (Phi) is 5.94. The molecule has 0 bridgehead atoms. The molecule has 0 aliphatic heterocycles. The second-order valence-corrected chi connectivity index (χ2v) is 5.90. The van der Waals surface area contributed by atoms with E-state index in [-0.39, 0.29) is 11.6 Å². The fourth-order valence-electron chi connectivity index (χ4n) is 2.43. The fraction of sp³-hybridized carbons (Fsp3) is 0.150. The van der Waals surface area contributed by atoms with Crippen molar-refractivity contribution in [1.29, 1.82) is 0 Å². The van der Waals surface area contributed by atoms with Crippen LogP contribution in [0.1, 0.15) is 17.5 Å². The van der Waals surface area contributed by atoms with Gasteiger partial charge in [-0.25, -0.2) is 4.39 Å². The molecule has 7 heteroatoms. The summed E-state index contributed by atoms with van der Waals surface area (Å²) in [6, 6.07) is 13.9. The van der Waals surface area contributed by atoms with Gasteiger partial charge in [0.05, 0.1) is 0 Å². The fourth-order valence-corrected chi connectivity index (χ4v) is 2.43. The molecule has 0 radical (unpaired) electrons. The first kappa shape index (κ1) is 18.3. The zero-order valence-corrected chi connectivity index (χ0v) is 14.5. The molecule has 6 nitrogen and oxygen atoms in total. The van der Waals surface area contributed by atoms with Crippen LogP contribution >= 0.6 is 0 Å². The lowest BCUT2D eigenvalue weighted by Gasteiger charge is -2.06. The van der Waals surface area contributed by atoms with Crippen molar-refractivity contribution in [3.8, 4) is 5.75 Å². The summed E-state index contributed by atoms with van der Waals surface area (Å²) in [6.07, 6.45) is 7.59. The number of halogens is 1. The molecule has 1 aromatic heterocycles. The van der Waals surface area contributed by atoms with Gasteiger partial charge in [0, 0.05) is 6.54 Å². The number of hydrogen-bond acceptors (Lipinski definition) is 4. The first-order chi connectivity index (χ1) is 13.1.